The summed E-state index contributed by atoms with van der Waals surface area (Å²) in [5.74, 6) is -0.809. The molecule has 0 aromatic heterocycles. The monoisotopic (exact) mass is 598 g/mol. The molecule has 2 rings (SSSR count). The zero-order valence-electron chi connectivity index (χ0n) is 24.4. The van der Waals surface area contributed by atoms with E-state index in [1.165, 1.54) is 0 Å². The lowest BCUT2D eigenvalue weighted by molar-refractivity contribution is -0.133. The summed E-state index contributed by atoms with van der Waals surface area (Å²) in [4.78, 5) is 72.6. The Hall–Kier alpha value is -3.07. The number of hydrogen-bond acceptors (Lipinski definition) is 8. The number of carbonyl (C=O) groups excluding carboxylic acids is 6. The highest BCUT2D eigenvalue weighted by molar-refractivity contribution is 8.00. The van der Waals surface area contributed by atoms with Gasteiger partial charge in [0.05, 0.1) is 12.1 Å². The van der Waals surface area contributed by atoms with Crippen LogP contribution in [-0.2, 0) is 24.0 Å². The number of nitrogens with two attached hydrogens (primary N) is 1. The third kappa shape index (κ3) is 11.4. The van der Waals surface area contributed by atoms with Crippen molar-refractivity contribution in [3.8, 4) is 0 Å². The molecule has 0 saturated carbocycles. The first-order valence-corrected chi connectivity index (χ1v) is 15.1. The van der Waals surface area contributed by atoms with Crippen molar-refractivity contribution in [3.05, 3.63) is 0 Å². The van der Waals surface area contributed by atoms with Crippen LogP contribution in [0.5, 0.6) is 0 Å². The maximum absolute atomic E-state index is 12.6. The van der Waals surface area contributed by atoms with E-state index in [9.17, 15) is 28.8 Å². The van der Waals surface area contributed by atoms with E-state index in [-0.39, 0.29) is 68.9 Å². The Morgan fingerprint density at radius 2 is 1.39 bits per heavy atom. The zero-order chi connectivity index (χ0) is 30.6. The lowest BCUT2D eigenvalue weighted by Gasteiger charge is -2.26. The number of thioether (sulfide) groups is 1. The minimum absolute atomic E-state index is 0.0267. The zero-order valence-corrected chi connectivity index (χ0v) is 25.3. The van der Waals surface area contributed by atoms with Gasteiger partial charge in [-0.2, -0.15) is 11.8 Å². The van der Waals surface area contributed by atoms with E-state index in [0.29, 0.717) is 11.7 Å². The Balaban J connectivity index is 1.56. The summed E-state index contributed by atoms with van der Waals surface area (Å²) >= 11 is 1.85. The molecule has 2 fully saturated rings. The predicted molar refractivity (Wildman–Crippen MR) is 156 cm³/mol. The SMILES string of the molecule is CC(C)(NC(=O)CCN)C(=O)NCCC(=O)NC(C)(C)C(=O)NCCNC(=O)CCCCC1SC[C@@H]2NC(=O)N[C@H]12. The van der Waals surface area contributed by atoms with Crippen LogP contribution < -0.4 is 43.0 Å². The molecule has 0 spiro atoms. The number of rotatable bonds is 17. The average Bonchev–Trinajstić information content (AvgIpc) is 3.42. The molecule has 1 unspecified atom stereocenters. The van der Waals surface area contributed by atoms with Gasteiger partial charge in [0.15, 0.2) is 0 Å². The molecule has 232 valence electrons. The molecule has 41 heavy (non-hydrogen) atoms. The standard InChI is InChI=1S/C26H46N8O6S/c1-25(2,33-19(36)9-11-27)22(38)29-12-10-20(37)34-26(3,4)23(39)30-14-13-28-18(35)8-6-5-7-17-21-16(15-41-17)31-24(40)32-21/h16-17,21H,5-15,27H2,1-4H3,(H,28,35)(H,29,38)(H,30,39)(H,33,36)(H,34,37)(H2,31,32,40)/t16-,17?,21-/m0/s1. The Bertz CT molecular complexity index is 976. The molecule has 0 radical (unpaired) electrons. The second-order valence-corrected chi connectivity index (χ2v) is 12.6. The third-order valence-electron chi connectivity index (χ3n) is 6.86. The summed E-state index contributed by atoms with van der Waals surface area (Å²) in [6.07, 6.45) is 3.01. The van der Waals surface area contributed by atoms with Gasteiger partial charge in [0, 0.05) is 56.4 Å². The summed E-state index contributed by atoms with van der Waals surface area (Å²) in [6.45, 7) is 6.89. The van der Waals surface area contributed by atoms with E-state index in [4.69, 9.17) is 5.73 Å². The molecule has 9 N–H and O–H groups in total. The van der Waals surface area contributed by atoms with Crippen LogP contribution in [0.15, 0.2) is 0 Å². The van der Waals surface area contributed by atoms with Crippen molar-refractivity contribution < 1.29 is 28.8 Å². The van der Waals surface area contributed by atoms with Gasteiger partial charge in [-0.05, 0) is 40.5 Å². The number of carbonyl (C=O) groups is 6. The van der Waals surface area contributed by atoms with E-state index in [1.54, 1.807) is 27.7 Å². The highest BCUT2D eigenvalue weighted by Crippen LogP contribution is 2.33. The first-order valence-electron chi connectivity index (χ1n) is 14.1. The van der Waals surface area contributed by atoms with Gasteiger partial charge in [-0.15, -0.1) is 0 Å². The van der Waals surface area contributed by atoms with Crippen molar-refractivity contribution in [2.45, 2.75) is 94.6 Å². The van der Waals surface area contributed by atoms with Crippen molar-refractivity contribution in [1.29, 1.82) is 0 Å². The molecule has 15 heteroatoms. The van der Waals surface area contributed by atoms with Gasteiger partial charge in [0.25, 0.3) is 0 Å². The average molecular weight is 599 g/mol. The van der Waals surface area contributed by atoms with E-state index in [0.717, 1.165) is 25.0 Å². The van der Waals surface area contributed by atoms with Crippen LogP contribution in [0.3, 0.4) is 0 Å². The normalized spacial score (nSPS) is 19.8. The Labute approximate surface area is 245 Å². The van der Waals surface area contributed by atoms with Gasteiger partial charge < -0.3 is 43.0 Å². The van der Waals surface area contributed by atoms with Gasteiger partial charge in [-0.1, -0.05) is 6.42 Å². The van der Waals surface area contributed by atoms with E-state index >= 15 is 0 Å². The Morgan fingerprint density at radius 3 is 2.02 bits per heavy atom. The predicted octanol–water partition coefficient (Wildman–Crippen LogP) is -1.41. The van der Waals surface area contributed by atoms with Gasteiger partial charge in [0.1, 0.15) is 11.1 Å². The summed E-state index contributed by atoms with van der Waals surface area (Å²) in [5.41, 5.74) is 2.98. The van der Waals surface area contributed by atoms with Gasteiger partial charge in [-0.25, -0.2) is 4.79 Å². The largest absolute Gasteiger partial charge is 0.354 e. The van der Waals surface area contributed by atoms with Crippen LogP contribution in [0.2, 0.25) is 0 Å². The summed E-state index contributed by atoms with van der Waals surface area (Å²) in [7, 11) is 0. The van der Waals surface area contributed by atoms with Crippen molar-refractivity contribution in [2.75, 3.05) is 31.9 Å². The first-order chi connectivity index (χ1) is 19.2. The van der Waals surface area contributed by atoms with Crippen molar-refractivity contribution in [2.24, 2.45) is 5.73 Å². The number of hydrogen-bond donors (Lipinski definition) is 8. The van der Waals surface area contributed by atoms with Crippen LogP contribution in [0, 0.1) is 0 Å². The smallest absolute Gasteiger partial charge is 0.315 e. The summed E-state index contributed by atoms with van der Waals surface area (Å²) < 4.78 is 0. The first kappa shape index (κ1) is 34.1. The molecule has 2 aliphatic rings. The lowest BCUT2D eigenvalue weighted by Crippen LogP contribution is -2.57. The molecule has 3 atom stereocenters. The summed E-state index contributed by atoms with van der Waals surface area (Å²) in [6, 6.07) is 0.263. The van der Waals surface area contributed by atoms with Crippen LogP contribution in [-0.4, -0.2) is 95.9 Å². The molecule has 2 heterocycles. The lowest BCUT2D eigenvalue weighted by atomic mass is 10.0. The molecular weight excluding hydrogens is 552 g/mol. The van der Waals surface area contributed by atoms with Crippen LogP contribution >= 0.6 is 11.8 Å². The fourth-order valence-corrected chi connectivity index (χ4v) is 6.08. The van der Waals surface area contributed by atoms with Crippen LogP contribution in [0.4, 0.5) is 4.79 Å². The summed E-state index contributed by atoms with van der Waals surface area (Å²) in [5, 5.41) is 19.6. The van der Waals surface area contributed by atoms with Crippen molar-refractivity contribution in [1.82, 2.24) is 37.2 Å². The third-order valence-corrected chi connectivity index (χ3v) is 8.37. The number of amides is 7. The highest BCUT2D eigenvalue weighted by Gasteiger charge is 2.42. The number of urea groups is 1. The number of fused-ring (bicyclic) bond motifs is 1. The minimum atomic E-state index is -1.20. The van der Waals surface area contributed by atoms with Crippen molar-refractivity contribution >= 4 is 47.3 Å². The van der Waals surface area contributed by atoms with Crippen molar-refractivity contribution in [3.63, 3.8) is 0 Å². The quantitative estimate of drug-likeness (QED) is 0.0734. The maximum atomic E-state index is 12.6. The fourth-order valence-electron chi connectivity index (χ4n) is 4.54. The van der Waals surface area contributed by atoms with E-state index in [2.05, 4.69) is 37.2 Å². The fraction of sp³-hybridized carbons (Fsp3) is 0.769. The second kappa shape index (κ2) is 15.8. The van der Waals surface area contributed by atoms with Crippen LogP contribution in [0.25, 0.3) is 0 Å². The molecule has 0 aromatic rings. The van der Waals surface area contributed by atoms with Crippen LogP contribution in [0.1, 0.15) is 66.2 Å². The number of nitrogens with one attached hydrogen (secondary N) is 7. The molecule has 0 aromatic carbocycles. The topological polar surface area (TPSA) is 213 Å². The van der Waals surface area contributed by atoms with Gasteiger partial charge in [-0.3, -0.25) is 24.0 Å². The highest BCUT2D eigenvalue weighted by atomic mass is 32.2. The molecule has 2 saturated heterocycles. The van der Waals surface area contributed by atoms with E-state index < -0.39 is 28.8 Å². The molecule has 7 amide bonds. The maximum Gasteiger partial charge on any atom is 0.315 e. The van der Waals surface area contributed by atoms with Gasteiger partial charge in [0.2, 0.25) is 29.5 Å². The van der Waals surface area contributed by atoms with E-state index in [1.807, 2.05) is 11.8 Å². The molecular formula is C26H46N8O6S. The Morgan fingerprint density at radius 1 is 0.805 bits per heavy atom. The molecule has 0 bridgehead atoms. The minimum Gasteiger partial charge on any atom is -0.354 e. The molecule has 0 aliphatic carbocycles. The molecule has 2 aliphatic heterocycles. The Kier molecular flexibility index (Phi) is 13.2. The molecule has 14 nitrogen and oxygen atoms in total. The van der Waals surface area contributed by atoms with Gasteiger partial charge >= 0.3 is 6.03 Å². The second-order valence-electron chi connectivity index (χ2n) is 11.4. The number of unbranched alkanes of at least 4 members (excludes halogenated alkanes) is 1.